The van der Waals surface area contributed by atoms with Crippen LogP contribution in [0.3, 0.4) is 0 Å². The van der Waals surface area contributed by atoms with Gasteiger partial charge in [0.15, 0.2) is 0 Å². The molecule has 14 heavy (non-hydrogen) atoms. The third-order valence-electron chi connectivity index (χ3n) is 2.57. The Balaban J connectivity index is 2.05. The largest absolute Gasteiger partial charge is 0.480 e. The molecule has 1 fully saturated rings. The van der Waals surface area contributed by atoms with Gasteiger partial charge >= 0.3 is 5.97 Å². The van der Waals surface area contributed by atoms with Crippen molar-refractivity contribution in [2.24, 2.45) is 11.7 Å². The van der Waals surface area contributed by atoms with E-state index in [4.69, 9.17) is 10.8 Å². The Labute approximate surface area is 84.0 Å². The second-order valence-corrected chi connectivity index (χ2v) is 3.80. The van der Waals surface area contributed by atoms with E-state index in [-0.39, 0.29) is 0 Å². The molecule has 82 valence electrons. The molecule has 0 spiro atoms. The summed E-state index contributed by atoms with van der Waals surface area (Å²) in [7, 11) is 0. The first-order chi connectivity index (χ1) is 6.70. The number of carboxylic acid groups (broad SMARTS) is 1. The number of nitrogens with two attached hydrogens (primary N) is 1. The van der Waals surface area contributed by atoms with E-state index in [9.17, 15) is 4.79 Å². The zero-order valence-electron chi connectivity index (χ0n) is 8.33. The topological polar surface area (TPSA) is 87.4 Å². The van der Waals surface area contributed by atoms with E-state index in [1.165, 1.54) is 0 Å². The van der Waals surface area contributed by atoms with E-state index in [0.717, 1.165) is 32.5 Å². The van der Waals surface area contributed by atoms with Crippen molar-refractivity contribution >= 4 is 5.97 Å². The van der Waals surface area contributed by atoms with Gasteiger partial charge in [-0.25, -0.2) is 0 Å². The lowest BCUT2D eigenvalue weighted by Gasteiger charge is -2.23. The molecule has 1 aliphatic rings. The molecule has 0 unspecified atom stereocenters. The highest BCUT2D eigenvalue weighted by atomic mass is 16.4. The van der Waals surface area contributed by atoms with Crippen LogP contribution in [0.5, 0.6) is 0 Å². The number of aliphatic carboxylic acids is 1. The molecule has 0 radical (unpaired) electrons. The smallest absolute Gasteiger partial charge is 0.321 e. The van der Waals surface area contributed by atoms with Crippen LogP contribution in [0.25, 0.3) is 0 Å². The van der Waals surface area contributed by atoms with Gasteiger partial charge in [-0.15, -0.1) is 0 Å². The third kappa shape index (κ3) is 4.04. The minimum absolute atomic E-state index is 0.360. The van der Waals surface area contributed by atoms with Gasteiger partial charge in [0.2, 0.25) is 0 Å². The second-order valence-electron chi connectivity index (χ2n) is 3.80. The fraction of sp³-hybridized carbons (Fsp3) is 0.889. The van der Waals surface area contributed by atoms with Gasteiger partial charge in [0.05, 0.1) is 0 Å². The molecule has 0 aliphatic carbocycles. The van der Waals surface area contributed by atoms with Crippen LogP contribution in [0.2, 0.25) is 0 Å². The van der Waals surface area contributed by atoms with E-state index < -0.39 is 12.0 Å². The molecule has 0 aromatic carbocycles. The Morgan fingerprint density at radius 3 is 2.79 bits per heavy atom. The summed E-state index contributed by atoms with van der Waals surface area (Å²) in [6.07, 6.45) is 2.32. The van der Waals surface area contributed by atoms with Gasteiger partial charge in [0.1, 0.15) is 6.04 Å². The molecule has 1 aliphatic heterocycles. The lowest BCUT2D eigenvalue weighted by molar-refractivity contribution is -0.138. The van der Waals surface area contributed by atoms with Crippen molar-refractivity contribution in [1.82, 2.24) is 10.6 Å². The highest BCUT2D eigenvalue weighted by Gasteiger charge is 2.14. The summed E-state index contributed by atoms with van der Waals surface area (Å²) < 4.78 is 0. The normalized spacial score (nSPS) is 20.6. The highest BCUT2D eigenvalue weighted by Crippen LogP contribution is 2.09. The molecule has 1 atom stereocenters. The number of carbonyl (C=O) groups is 1. The van der Waals surface area contributed by atoms with Crippen LogP contribution in [0, 0.1) is 5.92 Å². The average molecular weight is 201 g/mol. The Morgan fingerprint density at radius 2 is 2.21 bits per heavy atom. The minimum atomic E-state index is -0.942. The van der Waals surface area contributed by atoms with Gasteiger partial charge in [0.25, 0.3) is 0 Å². The quantitative estimate of drug-likeness (QED) is 0.458. The molecule has 1 rings (SSSR count). The molecule has 1 saturated heterocycles. The van der Waals surface area contributed by atoms with E-state index >= 15 is 0 Å². The number of piperidine rings is 1. The van der Waals surface area contributed by atoms with Gasteiger partial charge in [0, 0.05) is 6.54 Å². The minimum Gasteiger partial charge on any atom is -0.480 e. The van der Waals surface area contributed by atoms with E-state index in [1.54, 1.807) is 0 Å². The van der Waals surface area contributed by atoms with Gasteiger partial charge in [-0.05, 0) is 38.4 Å². The predicted molar refractivity (Wildman–Crippen MR) is 54.1 cm³/mol. The first kappa shape index (κ1) is 11.4. The van der Waals surface area contributed by atoms with Gasteiger partial charge in [-0.3, -0.25) is 4.79 Å². The number of nitrogens with one attached hydrogen (secondary N) is 2. The summed E-state index contributed by atoms with van der Waals surface area (Å²) >= 11 is 0. The molecule has 5 N–H and O–H groups in total. The molecular formula is C9H19N3O2. The molecule has 0 bridgehead atoms. The number of carboxylic acids is 1. The van der Waals surface area contributed by atoms with Crippen molar-refractivity contribution in [3.63, 3.8) is 0 Å². The van der Waals surface area contributed by atoms with Crippen molar-refractivity contribution in [2.45, 2.75) is 18.9 Å². The maximum atomic E-state index is 10.4. The Bertz CT molecular complexity index is 181. The summed E-state index contributed by atoms with van der Waals surface area (Å²) in [5, 5.41) is 14.9. The predicted octanol–water partition coefficient (Wildman–Crippen LogP) is -1.01. The zero-order chi connectivity index (χ0) is 10.4. The van der Waals surface area contributed by atoms with Crippen LogP contribution >= 0.6 is 0 Å². The maximum absolute atomic E-state index is 10.4. The molecule has 0 aromatic heterocycles. The van der Waals surface area contributed by atoms with E-state index in [0.29, 0.717) is 12.5 Å². The Hall–Kier alpha value is -0.650. The first-order valence-corrected chi connectivity index (χ1v) is 5.10. The molecular weight excluding hydrogens is 182 g/mol. The third-order valence-corrected chi connectivity index (χ3v) is 2.57. The number of rotatable bonds is 5. The lowest BCUT2D eigenvalue weighted by Crippen LogP contribution is -2.42. The van der Waals surface area contributed by atoms with Gasteiger partial charge in [-0.2, -0.15) is 0 Å². The molecule has 5 heteroatoms. The van der Waals surface area contributed by atoms with Crippen LogP contribution < -0.4 is 16.4 Å². The zero-order valence-corrected chi connectivity index (χ0v) is 8.33. The Kier molecular flexibility index (Phi) is 4.86. The SMILES string of the molecule is N[C@H](CNCC1CCNCC1)C(=O)O. The van der Waals surface area contributed by atoms with Crippen molar-refractivity contribution in [3.8, 4) is 0 Å². The molecule has 5 nitrogen and oxygen atoms in total. The molecule has 1 heterocycles. The standard InChI is InChI=1S/C9H19N3O2/c10-8(9(13)14)6-12-5-7-1-3-11-4-2-7/h7-8,11-12H,1-6,10H2,(H,13,14)/t8-/m1/s1. The van der Waals surface area contributed by atoms with E-state index in [1.807, 2.05) is 0 Å². The summed E-state index contributed by atoms with van der Waals surface area (Å²) in [5.74, 6) is -0.278. The van der Waals surface area contributed by atoms with Crippen LogP contribution in [-0.4, -0.2) is 43.3 Å². The molecule has 0 saturated carbocycles. The van der Waals surface area contributed by atoms with Crippen molar-refractivity contribution in [3.05, 3.63) is 0 Å². The van der Waals surface area contributed by atoms with Crippen LogP contribution in [0.1, 0.15) is 12.8 Å². The number of hydrogen-bond acceptors (Lipinski definition) is 4. The fourth-order valence-electron chi connectivity index (χ4n) is 1.62. The Morgan fingerprint density at radius 1 is 1.57 bits per heavy atom. The highest BCUT2D eigenvalue weighted by molar-refractivity contribution is 5.73. The fourth-order valence-corrected chi connectivity index (χ4v) is 1.62. The van der Waals surface area contributed by atoms with Crippen molar-refractivity contribution < 1.29 is 9.90 Å². The summed E-state index contributed by atoms with van der Waals surface area (Å²) in [5.41, 5.74) is 5.36. The van der Waals surface area contributed by atoms with E-state index in [2.05, 4.69) is 10.6 Å². The average Bonchev–Trinajstić information content (AvgIpc) is 2.19. The van der Waals surface area contributed by atoms with Crippen LogP contribution in [0.4, 0.5) is 0 Å². The van der Waals surface area contributed by atoms with Crippen LogP contribution in [-0.2, 0) is 4.79 Å². The summed E-state index contributed by atoms with van der Waals surface area (Å²) in [6, 6.07) is -0.781. The molecule has 0 amide bonds. The van der Waals surface area contributed by atoms with Gasteiger partial charge in [-0.1, -0.05) is 0 Å². The van der Waals surface area contributed by atoms with Crippen LogP contribution in [0.15, 0.2) is 0 Å². The second kappa shape index (κ2) is 5.95. The monoisotopic (exact) mass is 201 g/mol. The molecule has 0 aromatic rings. The summed E-state index contributed by atoms with van der Waals surface area (Å²) in [4.78, 5) is 10.4. The van der Waals surface area contributed by atoms with Crippen molar-refractivity contribution in [1.29, 1.82) is 0 Å². The maximum Gasteiger partial charge on any atom is 0.321 e. The summed E-state index contributed by atoms with van der Waals surface area (Å²) in [6.45, 7) is 3.37. The lowest BCUT2D eigenvalue weighted by atomic mass is 9.98. The number of hydrogen-bond donors (Lipinski definition) is 4. The first-order valence-electron chi connectivity index (χ1n) is 5.10. The van der Waals surface area contributed by atoms with Crippen molar-refractivity contribution in [2.75, 3.05) is 26.2 Å². The van der Waals surface area contributed by atoms with Gasteiger partial charge < -0.3 is 21.5 Å².